The van der Waals surface area contributed by atoms with Gasteiger partial charge in [0, 0.05) is 23.0 Å². The third-order valence-corrected chi connectivity index (χ3v) is 4.06. The van der Waals surface area contributed by atoms with E-state index in [4.69, 9.17) is 32.8 Å². The lowest BCUT2D eigenvalue weighted by molar-refractivity contribution is -0.731. The fourth-order valence-corrected chi connectivity index (χ4v) is 2.78. The van der Waals surface area contributed by atoms with Gasteiger partial charge in [-0.2, -0.15) is 0 Å². The summed E-state index contributed by atoms with van der Waals surface area (Å²) in [6.45, 7) is 2.48. The van der Waals surface area contributed by atoms with Crippen LogP contribution in [0.25, 0.3) is 11.6 Å². The van der Waals surface area contributed by atoms with Gasteiger partial charge in [0.05, 0.1) is 11.6 Å². The highest BCUT2D eigenvalue weighted by atomic mass is 35.5. The average molecular weight is 400 g/mol. The second kappa shape index (κ2) is 10.0. The molecule has 0 aliphatic carbocycles. The summed E-state index contributed by atoms with van der Waals surface area (Å²) in [6, 6.07) is 4.80. The van der Waals surface area contributed by atoms with Crippen molar-refractivity contribution in [2.75, 3.05) is 6.61 Å². The highest BCUT2D eigenvalue weighted by Crippen LogP contribution is 2.32. The third-order valence-electron chi connectivity index (χ3n) is 3.51. The summed E-state index contributed by atoms with van der Waals surface area (Å²) in [6.07, 6.45) is 8.35. The van der Waals surface area contributed by atoms with Gasteiger partial charge in [0.2, 0.25) is 5.88 Å². The molecule has 26 heavy (non-hydrogen) atoms. The Balaban J connectivity index is 2.43. The maximum Gasteiger partial charge on any atom is 0.301 e. The number of rotatable bonds is 10. The van der Waals surface area contributed by atoms with Gasteiger partial charge in [-0.25, -0.2) is 4.98 Å². The summed E-state index contributed by atoms with van der Waals surface area (Å²) in [5.41, 5.74) is 0.442. The van der Waals surface area contributed by atoms with Crippen molar-refractivity contribution in [3.05, 3.63) is 62.6 Å². The quantitative estimate of drug-likeness (QED) is 0.235. The Morgan fingerprint density at radius 1 is 1.31 bits per heavy atom. The number of imidazole rings is 1. The Kier molecular flexibility index (Phi) is 7.74. The first kappa shape index (κ1) is 20.1. The van der Waals surface area contributed by atoms with Gasteiger partial charge in [-0.1, -0.05) is 49.4 Å². The summed E-state index contributed by atoms with van der Waals surface area (Å²) >= 11 is 12.2. The fourth-order valence-electron chi connectivity index (χ4n) is 2.29. The molecule has 0 amide bonds. The molecule has 0 unspecified atom stereocenters. The lowest BCUT2D eigenvalue weighted by Crippen LogP contribution is -2.10. The molecule has 0 saturated carbocycles. The molecule has 0 N–H and O–H groups in total. The number of hydrogen-bond donors (Lipinski definition) is 0. The molecule has 0 radical (unpaired) electrons. The highest BCUT2D eigenvalue weighted by Gasteiger charge is 2.20. The molecule has 0 bridgehead atoms. The highest BCUT2D eigenvalue weighted by molar-refractivity contribution is 6.35. The normalized spacial score (nSPS) is 11.8. The average Bonchev–Trinajstić information content (AvgIpc) is 3.11. The Hall–Kier alpha value is -2.25. The van der Waals surface area contributed by atoms with Crippen LogP contribution in [0.5, 0.6) is 0 Å². The van der Waals surface area contributed by atoms with Crippen molar-refractivity contribution in [3.8, 4) is 0 Å². The molecule has 0 fully saturated rings. The summed E-state index contributed by atoms with van der Waals surface area (Å²) in [5.74, 6) is 0.0186. The van der Waals surface area contributed by atoms with Crippen LogP contribution < -0.4 is 0 Å². The summed E-state index contributed by atoms with van der Waals surface area (Å²) < 4.78 is 7.21. The zero-order valence-electron chi connectivity index (χ0n) is 14.2. The third kappa shape index (κ3) is 5.64. The van der Waals surface area contributed by atoms with Crippen LogP contribution in [0.4, 0.5) is 0 Å². The van der Waals surface area contributed by atoms with Crippen LogP contribution in [0.15, 0.2) is 36.9 Å². The monoisotopic (exact) mass is 399 g/mol. The van der Waals surface area contributed by atoms with E-state index in [0.29, 0.717) is 22.2 Å². The van der Waals surface area contributed by atoms with Gasteiger partial charge in [0.1, 0.15) is 6.33 Å². The van der Waals surface area contributed by atoms with Crippen LogP contribution in [0, 0.1) is 10.1 Å². The maximum atomic E-state index is 11.0. The number of unbranched alkanes of at least 4 members (excludes halogenated alkanes) is 3. The number of benzene rings is 1. The first-order chi connectivity index (χ1) is 12.5. The Morgan fingerprint density at radius 3 is 2.73 bits per heavy atom. The Morgan fingerprint density at radius 2 is 2.12 bits per heavy atom. The summed E-state index contributed by atoms with van der Waals surface area (Å²) in [4.78, 5) is 19.7. The molecule has 1 aromatic heterocycles. The van der Waals surface area contributed by atoms with Crippen molar-refractivity contribution >= 4 is 34.8 Å². The minimum absolute atomic E-state index is 0.132. The molecule has 2 rings (SSSR count). The SMILES string of the molecule is CCCCCCO/C(=C(/O[N+](=O)[O-])n1ccnc1)c1ccc(Cl)cc1Cl. The number of aromatic nitrogens is 2. The molecular formula is C17H19Cl2N3O4. The molecule has 1 aromatic carbocycles. The standard InChI is InChI=1S/C17H19Cl2N3O4/c1-2-3-4-5-10-25-16(14-7-6-13(18)11-15(14)19)17(26-22(23)24)21-9-8-20-12-21/h6-9,11-12H,2-5,10H2,1H3/b17-16+. The number of ether oxygens (including phenoxy) is 1. The minimum atomic E-state index is -0.903. The van der Waals surface area contributed by atoms with Gasteiger partial charge in [-0.3, -0.25) is 9.40 Å². The van der Waals surface area contributed by atoms with Gasteiger partial charge < -0.3 is 4.74 Å². The number of nitrogens with zero attached hydrogens (tertiary/aromatic N) is 3. The number of hydrogen-bond acceptors (Lipinski definition) is 5. The van der Waals surface area contributed by atoms with Crippen LogP contribution in [0.3, 0.4) is 0 Å². The van der Waals surface area contributed by atoms with E-state index in [2.05, 4.69) is 11.9 Å². The predicted molar refractivity (Wildman–Crippen MR) is 100.0 cm³/mol. The molecule has 0 saturated heterocycles. The topological polar surface area (TPSA) is 79.4 Å². The molecule has 1 heterocycles. The summed E-state index contributed by atoms with van der Waals surface area (Å²) in [5, 5.41) is 10.8. The van der Waals surface area contributed by atoms with E-state index in [1.54, 1.807) is 12.1 Å². The molecule has 0 atom stereocenters. The van der Waals surface area contributed by atoms with Gasteiger partial charge in [-0.15, -0.1) is 10.1 Å². The Labute approximate surface area is 161 Å². The van der Waals surface area contributed by atoms with Crippen LogP contribution >= 0.6 is 23.2 Å². The van der Waals surface area contributed by atoms with Crippen LogP contribution in [0.1, 0.15) is 38.2 Å². The lowest BCUT2D eigenvalue weighted by Gasteiger charge is -2.17. The molecule has 0 spiro atoms. The largest absolute Gasteiger partial charge is 0.489 e. The lowest BCUT2D eigenvalue weighted by atomic mass is 10.2. The van der Waals surface area contributed by atoms with E-state index in [-0.39, 0.29) is 11.6 Å². The summed E-state index contributed by atoms with van der Waals surface area (Å²) in [7, 11) is 0. The molecule has 7 nitrogen and oxygen atoms in total. The van der Waals surface area contributed by atoms with Crippen molar-refractivity contribution in [1.82, 2.24) is 9.55 Å². The predicted octanol–water partition coefficient (Wildman–Crippen LogP) is 5.28. The van der Waals surface area contributed by atoms with E-state index >= 15 is 0 Å². The molecule has 0 aliphatic rings. The Bertz CT molecular complexity index is 763. The molecular weight excluding hydrogens is 381 g/mol. The van der Waals surface area contributed by atoms with Crippen molar-refractivity contribution < 1.29 is 14.7 Å². The van der Waals surface area contributed by atoms with E-state index in [1.807, 2.05) is 0 Å². The van der Waals surface area contributed by atoms with Crippen LogP contribution in [0.2, 0.25) is 10.0 Å². The van der Waals surface area contributed by atoms with Crippen molar-refractivity contribution in [3.63, 3.8) is 0 Å². The maximum absolute atomic E-state index is 11.0. The number of halogens is 2. The van der Waals surface area contributed by atoms with Gasteiger partial charge in [-0.05, 0) is 24.6 Å². The fraction of sp³-hybridized carbons (Fsp3) is 0.353. The first-order valence-electron chi connectivity index (χ1n) is 8.16. The zero-order valence-corrected chi connectivity index (χ0v) is 15.7. The molecule has 140 valence electrons. The van der Waals surface area contributed by atoms with Crippen LogP contribution in [-0.4, -0.2) is 21.2 Å². The van der Waals surface area contributed by atoms with E-state index in [1.165, 1.54) is 29.4 Å². The molecule has 2 aromatic rings. The van der Waals surface area contributed by atoms with Gasteiger partial charge in [0.25, 0.3) is 0 Å². The second-order valence-electron chi connectivity index (χ2n) is 5.45. The van der Waals surface area contributed by atoms with E-state index in [0.717, 1.165) is 25.7 Å². The molecule has 9 heteroatoms. The van der Waals surface area contributed by atoms with Crippen molar-refractivity contribution in [2.45, 2.75) is 32.6 Å². The smallest absolute Gasteiger partial charge is 0.301 e. The molecule has 0 aliphatic heterocycles. The zero-order chi connectivity index (χ0) is 18.9. The second-order valence-corrected chi connectivity index (χ2v) is 6.30. The van der Waals surface area contributed by atoms with E-state index < -0.39 is 5.09 Å². The van der Waals surface area contributed by atoms with Crippen molar-refractivity contribution in [1.29, 1.82) is 0 Å². The van der Waals surface area contributed by atoms with Gasteiger partial charge in [0.15, 0.2) is 5.76 Å². The first-order valence-corrected chi connectivity index (χ1v) is 8.91. The van der Waals surface area contributed by atoms with Gasteiger partial charge >= 0.3 is 5.09 Å². The van der Waals surface area contributed by atoms with E-state index in [9.17, 15) is 10.1 Å². The minimum Gasteiger partial charge on any atom is -0.489 e. The van der Waals surface area contributed by atoms with Crippen molar-refractivity contribution in [2.24, 2.45) is 0 Å². The van der Waals surface area contributed by atoms with Crippen LogP contribution in [-0.2, 0) is 9.57 Å².